The van der Waals surface area contributed by atoms with Crippen LogP contribution in [0.3, 0.4) is 0 Å². The van der Waals surface area contributed by atoms with Gasteiger partial charge in [-0.2, -0.15) is 0 Å². The fourth-order valence-electron chi connectivity index (χ4n) is 2.76. The summed E-state index contributed by atoms with van der Waals surface area (Å²) >= 11 is 0. The quantitative estimate of drug-likeness (QED) is 0.345. The summed E-state index contributed by atoms with van der Waals surface area (Å²) in [5, 5.41) is 34.5. The molecule has 0 spiro atoms. The van der Waals surface area contributed by atoms with Crippen molar-refractivity contribution in [1.82, 2.24) is 19.9 Å². The van der Waals surface area contributed by atoms with Crippen LogP contribution in [0.1, 0.15) is 5.56 Å². The predicted octanol–water partition coefficient (Wildman–Crippen LogP) is -1.25. The molecule has 3 rings (SSSR count). The van der Waals surface area contributed by atoms with E-state index in [9.17, 15) is 19.5 Å². The van der Waals surface area contributed by atoms with Gasteiger partial charge >= 0.3 is 11.9 Å². The Balaban J connectivity index is 0.000000279. The topological polar surface area (TPSA) is 180 Å². The number of rotatable bonds is 5. The third-order valence-corrected chi connectivity index (χ3v) is 4.03. The zero-order valence-electron chi connectivity index (χ0n) is 14.2. The van der Waals surface area contributed by atoms with Gasteiger partial charge in [0.2, 0.25) is 0 Å². The van der Waals surface area contributed by atoms with Crippen LogP contribution in [-0.4, -0.2) is 78.0 Å². The molecule has 27 heavy (non-hydrogen) atoms. The molecule has 1 fully saturated rings. The number of nitrogens with one attached hydrogen (secondary N) is 2. The van der Waals surface area contributed by atoms with E-state index in [1.165, 1.54) is 6.33 Å². The van der Waals surface area contributed by atoms with Crippen molar-refractivity contribution in [3.05, 3.63) is 40.6 Å². The maximum Gasteiger partial charge on any atom is 0.328 e. The van der Waals surface area contributed by atoms with Crippen LogP contribution in [0.5, 0.6) is 0 Å². The van der Waals surface area contributed by atoms with Crippen molar-refractivity contribution < 1.29 is 30.0 Å². The molecule has 1 aliphatic heterocycles. The number of likely N-dealkylation sites (tertiary alicyclic amines) is 1. The van der Waals surface area contributed by atoms with Gasteiger partial charge in [0.05, 0.1) is 17.9 Å². The molecule has 0 amide bonds. The molecular formula is C16H20N4O7. The first-order valence-electron chi connectivity index (χ1n) is 8.00. The number of aromatic nitrogens is 3. The highest BCUT2D eigenvalue weighted by atomic mass is 16.4. The number of hydrogen-bond acceptors (Lipinski definition) is 7. The summed E-state index contributed by atoms with van der Waals surface area (Å²) in [5.41, 5.74) is 1.86. The number of nitrogens with zero attached hydrogens (tertiary/aromatic N) is 2. The number of carboxylic acid groups (broad SMARTS) is 2. The summed E-state index contributed by atoms with van der Waals surface area (Å²) in [6.07, 6.45) is 3.78. The average Bonchev–Trinajstić information content (AvgIpc) is 3.18. The standard InChI is InChI=1S/C12H16N4O3.C4H4O4/c17-5-8-3-16(4-9(8)18)2-7-1-13-11-10(7)14-6-15-12(11)19;5-3(6)1-2-4(7)8/h1,6,8-9,13,17-18H,2-5H2,(H,14,15,19);1-2H,(H,5,6)(H,7,8)/b;2-1+/t8-,9+;/m1./s1. The lowest BCUT2D eigenvalue weighted by Crippen LogP contribution is -2.21. The zero-order chi connectivity index (χ0) is 20.0. The van der Waals surface area contributed by atoms with E-state index in [1.54, 1.807) is 6.20 Å². The highest BCUT2D eigenvalue weighted by molar-refractivity contribution is 5.89. The number of carbonyl (C=O) groups is 2. The third kappa shape index (κ3) is 5.48. The first-order chi connectivity index (χ1) is 12.8. The number of fused-ring (bicyclic) bond motifs is 1. The molecule has 6 N–H and O–H groups in total. The predicted molar refractivity (Wildman–Crippen MR) is 93.0 cm³/mol. The van der Waals surface area contributed by atoms with Gasteiger partial charge in [-0.15, -0.1) is 0 Å². The number of aliphatic hydroxyl groups is 2. The lowest BCUT2D eigenvalue weighted by molar-refractivity contribution is -0.134. The van der Waals surface area contributed by atoms with E-state index in [4.69, 9.17) is 15.3 Å². The van der Waals surface area contributed by atoms with Gasteiger partial charge in [0, 0.05) is 56.1 Å². The summed E-state index contributed by atoms with van der Waals surface area (Å²) in [6, 6.07) is 0. The second-order valence-corrected chi connectivity index (χ2v) is 5.98. The van der Waals surface area contributed by atoms with Crippen molar-refractivity contribution in [3.8, 4) is 0 Å². The molecule has 11 heteroatoms. The Morgan fingerprint density at radius 3 is 2.44 bits per heavy atom. The molecule has 3 heterocycles. The van der Waals surface area contributed by atoms with E-state index in [2.05, 4.69) is 19.9 Å². The first kappa shape index (κ1) is 20.3. The molecule has 2 atom stereocenters. The summed E-state index contributed by atoms with van der Waals surface area (Å²) in [7, 11) is 0. The number of aliphatic carboxylic acids is 2. The molecule has 2 aromatic heterocycles. The lowest BCUT2D eigenvalue weighted by atomic mass is 10.1. The molecule has 0 radical (unpaired) electrons. The van der Waals surface area contributed by atoms with E-state index in [1.807, 2.05) is 0 Å². The lowest BCUT2D eigenvalue weighted by Gasteiger charge is -2.13. The van der Waals surface area contributed by atoms with Crippen molar-refractivity contribution in [1.29, 1.82) is 0 Å². The SMILES string of the molecule is O=C(O)/C=C/C(=O)O.O=c1[nH]cnc2c(CN3C[C@H](CO)[C@@H](O)C3)c[nH]c12. The van der Waals surface area contributed by atoms with Crippen molar-refractivity contribution in [3.63, 3.8) is 0 Å². The summed E-state index contributed by atoms with van der Waals surface area (Å²) in [5.74, 6) is -2.61. The molecule has 2 aromatic rings. The summed E-state index contributed by atoms with van der Waals surface area (Å²) < 4.78 is 0. The number of aliphatic hydroxyl groups excluding tert-OH is 2. The van der Waals surface area contributed by atoms with Crippen molar-refractivity contribution in [2.24, 2.45) is 5.92 Å². The van der Waals surface area contributed by atoms with Gasteiger partial charge in [-0.1, -0.05) is 0 Å². The van der Waals surface area contributed by atoms with Crippen LogP contribution in [0, 0.1) is 5.92 Å². The van der Waals surface area contributed by atoms with E-state index >= 15 is 0 Å². The highest BCUT2D eigenvalue weighted by Crippen LogP contribution is 2.21. The number of aromatic amines is 2. The van der Waals surface area contributed by atoms with E-state index in [-0.39, 0.29) is 18.1 Å². The first-order valence-corrected chi connectivity index (χ1v) is 8.00. The van der Waals surface area contributed by atoms with Crippen LogP contribution >= 0.6 is 0 Å². The molecule has 0 saturated carbocycles. The Labute approximate surface area is 152 Å². The van der Waals surface area contributed by atoms with Gasteiger partial charge in [0.1, 0.15) is 5.52 Å². The number of β-amino-alcohol motifs (C(OH)–C–C–N with tert-alkyl or cyclic N) is 1. The Morgan fingerprint density at radius 1 is 1.22 bits per heavy atom. The molecule has 0 aliphatic carbocycles. The Morgan fingerprint density at radius 2 is 1.89 bits per heavy atom. The Hall–Kier alpha value is -3.02. The molecule has 0 aromatic carbocycles. The second kappa shape index (κ2) is 9.07. The number of H-pyrrole nitrogens is 2. The minimum atomic E-state index is -1.26. The molecule has 0 unspecified atom stereocenters. The molecule has 11 nitrogen and oxygen atoms in total. The van der Waals surface area contributed by atoms with Crippen LogP contribution in [0.2, 0.25) is 0 Å². The van der Waals surface area contributed by atoms with Crippen LogP contribution in [0.4, 0.5) is 0 Å². The van der Waals surface area contributed by atoms with Gasteiger partial charge < -0.3 is 30.4 Å². The average molecular weight is 380 g/mol. The molecule has 1 aliphatic rings. The third-order valence-electron chi connectivity index (χ3n) is 4.03. The maximum absolute atomic E-state index is 11.6. The summed E-state index contributed by atoms with van der Waals surface area (Å²) in [4.78, 5) is 42.3. The fraction of sp³-hybridized carbons (Fsp3) is 0.375. The zero-order valence-corrected chi connectivity index (χ0v) is 14.2. The highest BCUT2D eigenvalue weighted by Gasteiger charge is 2.30. The van der Waals surface area contributed by atoms with Gasteiger partial charge in [0.15, 0.2) is 0 Å². The summed E-state index contributed by atoms with van der Waals surface area (Å²) in [6.45, 7) is 1.77. The van der Waals surface area contributed by atoms with Crippen LogP contribution < -0.4 is 5.56 Å². The molecular weight excluding hydrogens is 360 g/mol. The van der Waals surface area contributed by atoms with Gasteiger partial charge in [0.25, 0.3) is 5.56 Å². The van der Waals surface area contributed by atoms with Gasteiger partial charge in [-0.3, -0.25) is 9.69 Å². The minimum Gasteiger partial charge on any atom is -0.478 e. The Kier molecular flexibility index (Phi) is 6.82. The number of carboxylic acids is 2. The largest absolute Gasteiger partial charge is 0.478 e. The van der Waals surface area contributed by atoms with Crippen LogP contribution in [0.25, 0.3) is 11.0 Å². The smallest absolute Gasteiger partial charge is 0.328 e. The van der Waals surface area contributed by atoms with Crippen LogP contribution in [0.15, 0.2) is 29.5 Å². The van der Waals surface area contributed by atoms with E-state index in [0.717, 1.165) is 5.56 Å². The normalized spacial score (nSPS) is 19.9. The van der Waals surface area contributed by atoms with Gasteiger partial charge in [-0.25, -0.2) is 14.6 Å². The minimum absolute atomic E-state index is 0.0104. The van der Waals surface area contributed by atoms with E-state index < -0.39 is 18.0 Å². The molecule has 146 valence electrons. The number of hydrogen-bond donors (Lipinski definition) is 6. The van der Waals surface area contributed by atoms with Crippen molar-refractivity contribution in [2.75, 3.05) is 19.7 Å². The van der Waals surface area contributed by atoms with Gasteiger partial charge in [-0.05, 0) is 0 Å². The Bertz CT molecular complexity index is 872. The fourth-order valence-corrected chi connectivity index (χ4v) is 2.76. The second-order valence-electron chi connectivity index (χ2n) is 5.98. The molecule has 0 bridgehead atoms. The van der Waals surface area contributed by atoms with Crippen LogP contribution in [-0.2, 0) is 16.1 Å². The molecule has 1 saturated heterocycles. The monoisotopic (exact) mass is 380 g/mol. The maximum atomic E-state index is 11.6. The van der Waals surface area contributed by atoms with E-state index in [0.29, 0.717) is 42.8 Å². The van der Waals surface area contributed by atoms with Crippen molar-refractivity contribution >= 4 is 23.0 Å². The van der Waals surface area contributed by atoms with Crippen molar-refractivity contribution in [2.45, 2.75) is 12.6 Å².